The van der Waals surface area contributed by atoms with Crippen molar-refractivity contribution in [2.24, 2.45) is 11.3 Å². The van der Waals surface area contributed by atoms with Crippen LogP contribution in [-0.4, -0.2) is 74.9 Å². The number of morpholine rings is 1. The van der Waals surface area contributed by atoms with Crippen LogP contribution in [0.5, 0.6) is 0 Å². The van der Waals surface area contributed by atoms with E-state index < -0.39 is 0 Å². The zero-order valence-electron chi connectivity index (χ0n) is 16.3. The Bertz CT molecular complexity index is 391. The summed E-state index contributed by atoms with van der Waals surface area (Å²) in [5.74, 6) is 0.895. The molecule has 4 rings (SSSR count). The van der Waals surface area contributed by atoms with Crippen LogP contribution in [0.1, 0.15) is 51.4 Å². The SMILES string of the molecule is C1CC(CN2CCOCC2)CN(C2CCC3(CCNCC3)CC2)C1.Cl.Cl. The van der Waals surface area contributed by atoms with Gasteiger partial charge in [-0.25, -0.2) is 0 Å². The molecule has 0 bridgehead atoms. The largest absolute Gasteiger partial charge is 0.379 e. The van der Waals surface area contributed by atoms with Crippen LogP contribution in [0.3, 0.4) is 0 Å². The number of ether oxygens (including phenoxy) is 1. The molecule has 0 aromatic carbocycles. The topological polar surface area (TPSA) is 27.7 Å². The fraction of sp³-hybridized carbons (Fsp3) is 1.00. The smallest absolute Gasteiger partial charge is 0.0594 e. The van der Waals surface area contributed by atoms with Gasteiger partial charge in [0.2, 0.25) is 0 Å². The first-order chi connectivity index (χ1) is 11.8. The summed E-state index contributed by atoms with van der Waals surface area (Å²) in [7, 11) is 0. The number of nitrogens with zero attached hydrogens (tertiary/aromatic N) is 2. The molecule has 1 N–H and O–H groups in total. The molecule has 0 aromatic rings. The summed E-state index contributed by atoms with van der Waals surface area (Å²) in [4.78, 5) is 5.52. The standard InChI is InChI=1S/C20H37N3O.2ClH/c1-2-18(16-22-12-14-24-15-13-22)17-23(11-1)19-3-5-20(6-4-19)7-9-21-10-8-20;;/h18-19,21H,1-17H2;2*1H. The molecule has 4 fully saturated rings. The van der Waals surface area contributed by atoms with E-state index in [0.717, 1.165) is 38.3 Å². The number of rotatable bonds is 3. The van der Waals surface area contributed by atoms with Crippen LogP contribution in [0, 0.1) is 11.3 Å². The Kier molecular flexibility index (Phi) is 9.45. The molecule has 0 amide bonds. The van der Waals surface area contributed by atoms with Crippen LogP contribution in [0.25, 0.3) is 0 Å². The van der Waals surface area contributed by atoms with Gasteiger partial charge in [-0.05, 0) is 82.3 Å². The maximum atomic E-state index is 5.50. The first kappa shape index (κ1) is 22.7. The predicted octanol–water partition coefficient (Wildman–Crippen LogP) is 3.19. The Hall–Kier alpha value is 0.420. The van der Waals surface area contributed by atoms with E-state index in [1.807, 2.05) is 0 Å². The number of halogens is 2. The average molecular weight is 408 g/mol. The van der Waals surface area contributed by atoms with Crippen molar-refractivity contribution in [1.29, 1.82) is 0 Å². The second-order valence-corrected chi connectivity index (χ2v) is 8.90. The van der Waals surface area contributed by atoms with Gasteiger partial charge >= 0.3 is 0 Å². The molecule has 4 nitrogen and oxygen atoms in total. The summed E-state index contributed by atoms with van der Waals surface area (Å²) in [6.45, 7) is 10.7. The number of piperidine rings is 2. The summed E-state index contributed by atoms with van der Waals surface area (Å²) >= 11 is 0. The molecule has 0 radical (unpaired) electrons. The zero-order valence-corrected chi connectivity index (χ0v) is 17.9. The van der Waals surface area contributed by atoms with Gasteiger partial charge in [-0.2, -0.15) is 0 Å². The summed E-state index contributed by atoms with van der Waals surface area (Å²) in [5, 5.41) is 3.55. The molecule has 1 unspecified atom stereocenters. The van der Waals surface area contributed by atoms with Crippen molar-refractivity contribution in [2.75, 3.05) is 59.0 Å². The van der Waals surface area contributed by atoms with Gasteiger partial charge in [0.15, 0.2) is 0 Å². The van der Waals surface area contributed by atoms with Gasteiger partial charge in [-0.1, -0.05) is 0 Å². The molecular formula is C20H39Cl2N3O. The number of hydrogen-bond donors (Lipinski definition) is 1. The van der Waals surface area contributed by atoms with Gasteiger partial charge in [0.25, 0.3) is 0 Å². The molecule has 6 heteroatoms. The van der Waals surface area contributed by atoms with Crippen molar-refractivity contribution >= 4 is 24.8 Å². The van der Waals surface area contributed by atoms with E-state index in [-0.39, 0.29) is 24.8 Å². The lowest BCUT2D eigenvalue weighted by Crippen LogP contribution is -2.49. The van der Waals surface area contributed by atoms with Gasteiger partial charge in [-0.3, -0.25) is 4.90 Å². The summed E-state index contributed by atoms with van der Waals surface area (Å²) in [6.07, 6.45) is 11.6. The fourth-order valence-electron chi connectivity index (χ4n) is 5.76. The Morgan fingerprint density at radius 1 is 0.885 bits per heavy atom. The van der Waals surface area contributed by atoms with Crippen LogP contribution in [0.4, 0.5) is 0 Å². The van der Waals surface area contributed by atoms with Crippen LogP contribution < -0.4 is 5.32 Å². The van der Waals surface area contributed by atoms with E-state index in [1.165, 1.54) is 84.1 Å². The normalized spacial score (nSPS) is 31.2. The van der Waals surface area contributed by atoms with Gasteiger partial charge in [-0.15, -0.1) is 24.8 Å². The third-order valence-corrected chi connectivity index (χ3v) is 7.37. The monoisotopic (exact) mass is 407 g/mol. The summed E-state index contributed by atoms with van der Waals surface area (Å²) < 4.78 is 5.50. The lowest BCUT2D eigenvalue weighted by atomic mass is 9.67. The van der Waals surface area contributed by atoms with E-state index in [4.69, 9.17) is 4.74 Å². The minimum atomic E-state index is 0. The first-order valence-corrected chi connectivity index (χ1v) is 10.6. The van der Waals surface area contributed by atoms with E-state index in [1.54, 1.807) is 0 Å². The van der Waals surface area contributed by atoms with Crippen LogP contribution in [0.15, 0.2) is 0 Å². The third-order valence-electron chi connectivity index (χ3n) is 7.37. The minimum absolute atomic E-state index is 0. The molecule has 1 aliphatic carbocycles. The van der Waals surface area contributed by atoms with E-state index in [9.17, 15) is 0 Å². The highest BCUT2D eigenvalue weighted by atomic mass is 35.5. The van der Waals surface area contributed by atoms with E-state index in [0.29, 0.717) is 5.41 Å². The highest BCUT2D eigenvalue weighted by Gasteiger charge is 2.38. The number of likely N-dealkylation sites (tertiary alicyclic amines) is 1. The molecule has 26 heavy (non-hydrogen) atoms. The quantitative estimate of drug-likeness (QED) is 0.776. The lowest BCUT2D eigenvalue weighted by molar-refractivity contribution is 0.0101. The van der Waals surface area contributed by atoms with Gasteiger partial charge in [0, 0.05) is 32.2 Å². The second kappa shape index (κ2) is 10.8. The van der Waals surface area contributed by atoms with Crippen molar-refractivity contribution < 1.29 is 4.74 Å². The molecule has 4 aliphatic rings. The molecule has 3 heterocycles. The molecular weight excluding hydrogens is 369 g/mol. The molecule has 154 valence electrons. The molecule has 1 saturated carbocycles. The predicted molar refractivity (Wildman–Crippen MR) is 113 cm³/mol. The minimum Gasteiger partial charge on any atom is -0.379 e. The lowest BCUT2D eigenvalue weighted by Gasteiger charge is -2.47. The molecule has 1 spiro atoms. The number of nitrogens with one attached hydrogen (secondary N) is 1. The van der Waals surface area contributed by atoms with Gasteiger partial charge in [0.05, 0.1) is 13.2 Å². The van der Waals surface area contributed by atoms with Crippen LogP contribution in [-0.2, 0) is 4.74 Å². The summed E-state index contributed by atoms with van der Waals surface area (Å²) in [6, 6.07) is 0.887. The van der Waals surface area contributed by atoms with Crippen LogP contribution >= 0.6 is 24.8 Å². The van der Waals surface area contributed by atoms with E-state index in [2.05, 4.69) is 15.1 Å². The van der Waals surface area contributed by atoms with Crippen molar-refractivity contribution in [3.63, 3.8) is 0 Å². The first-order valence-electron chi connectivity index (χ1n) is 10.6. The second-order valence-electron chi connectivity index (χ2n) is 8.90. The highest BCUT2D eigenvalue weighted by Crippen LogP contribution is 2.44. The van der Waals surface area contributed by atoms with Crippen molar-refractivity contribution in [3.8, 4) is 0 Å². The Balaban J connectivity index is 0.00000121. The van der Waals surface area contributed by atoms with Gasteiger partial charge in [0.1, 0.15) is 0 Å². The average Bonchev–Trinajstić information content (AvgIpc) is 2.64. The molecule has 0 aromatic heterocycles. The van der Waals surface area contributed by atoms with Crippen molar-refractivity contribution in [3.05, 3.63) is 0 Å². The van der Waals surface area contributed by atoms with E-state index >= 15 is 0 Å². The van der Waals surface area contributed by atoms with Crippen LogP contribution in [0.2, 0.25) is 0 Å². The molecule has 3 saturated heterocycles. The Morgan fingerprint density at radius 2 is 1.58 bits per heavy atom. The molecule has 1 atom stereocenters. The zero-order chi connectivity index (χ0) is 16.2. The van der Waals surface area contributed by atoms with Gasteiger partial charge < -0.3 is 15.0 Å². The third kappa shape index (κ3) is 5.71. The summed E-state index contributed by atoms with van der Waals surface area (Å²) in [5.41, 5.74) is 0.713. The Morgan fingerprint density at radius 3 is 2.27 bits per heavy atom. The molecule has 3 aliphatic heterocycles. The van der Waals surface area contributed by atoms with Crippen molar-refractivity contribution in [2.45, 2.75) is 57.4 Å². The highest BCUT2D eigenvalue weighted by molar-refractivity contribution is 5.85. The van der Waals surface area contributed by atoms with Crippen molar-refractivity contribution in [1.82, 2.24) is 15.1 Å². The maximum Gasteiger partial charge on any atom is 0.0594 e. The number of hydrogen-bond acceptors (Lipinski definition) is 4. The maximum absolute atomic E-state index is 5.50. The Labute approximate surface area is 172 Å². The fourth-order valence-corrected chi connectivity index (χ4v) is 5.76.